The second-order valence-corrected chi connectivity index (χ2v) is 6.93. The Balaban J connectivity index is 0.00000576. The van der Waals surface area contributed by atoms with E-state index in [0.29, 0.717) is 0 Å². The lowest BCUT2D eigenvalue weighted by Gasteiger charge is -2.23. The van der Waals surface area contributed by atoms with Crippen molar-refractivity contribution in [1.82, 2.24) is 20.1 Å². The van der Waals surface area contributed by atoms with Crippen LogP contribution < -0.4 is 5.32 Å². The van der Waals surface area contributed by atoms with Crippen LogP contribution in [0.2, 0.25) is 0 Å². The van der Waals surface area contributed by atoms with Crippen molar-refractivity contribution in [2.45, 2.75) is 39.3 Å². The van der Waals surface area contributed by atoms with E-state index in [1.54, 1.807) is 18.4 Å². The molecule has 0 spiro atoms. The minimum Gasteiger partial charge on any atom is -0.375 e. The third-order valence-corrected chi connectivity index (χ3v) is 4.97. The zero-order valence-corrected chi connectivity index (χ0v) is 19.6. The molecule has 1 aromatic rings. The first-order valence-electron chi connectivity index (χ1n) is 8.59. The Morgan fingerprint density at radius 2 is 2.12 bits per heavy atom. The lowest BCUT2D eigenvalue weighted by molar-refractivity contribution is 0.119. The number of methoxy groups -OCH3 is 1. The van der Waals surface area contributed by atoms with Crippen molar-refractivity contribution < 1.29 is 4.74 Å². The van der Waals surface area contributed by atoms with Crippen LogP contribution in [0.3, 0.4) is 0 Å². The first-order chi connectivity index (χ1) is 11.5. The van der Waals surface area contributed by atoms with E-state index in [-0.39, 0.29) is 30.1 Å². The monoisotopic (exact) mass is 483 g/mol. The highest BCUT2D eigenvalue weighted by Crippen LogP contribution is 2.20. The normalized spacial score (nSPS) is 12.8. The molecule has 6 nitrogen and oxygen atoms in total. The van der Waals surface area contributed by atoms with Crippen LogP contribution in [0.5, 0.6) is 0 Å². The van der Waals surface area contributed by atoms with Gasteiger partial charge in [0.1, 0.15) is 11.1 Å². The maximum Gasteiger partial charge on any atom is 0.193 e. The third kappa shape index (κ3) is 9.16. The zero-order valence-electron chi connectivity index (χ0n) is 16.4. The van der Waals surface area contributed by atoms with Gasteiger partial charge in [0.2, 0.25) is 0 Å². The van der Waals surface area contributed by atoms with Crippen LogP contribution >= 0.6 is 35.3 Å². The van der Waals surface area contributed by atoms with E-state index < -0.39 is 0 Å². The quantitative estimate of drug-likeness (QED) is 0.315. The molecule has 0 saturated heterocycles. The number of unbranched alkanes of at least 4 members (excludes halogenated alkanes) is 1. The number of nitrogens with one attached hydrogen (secondary N) is 1. The Morgan fingerprint density at radius 3 is 2.72 bits per heavy atom. The van der Waals surface area contributed by atoms with Gasteiger partial charge in [0.25, 0.3) is 0 Å². The average molecular weight is 483 g/mol. The average Bonchev–Trinajstić information content (AvgIpc) is 3.04. The fourth-order valence-corrected chi connectivity index (χ4v) is 3.13. The molecule has 0 aliphatic carbocycles. The first kappa shape index (κ1) is 24.6. The highest BCUT2D eigenvalue weighted by molar-refractivity contribution is 14.0. The van der Waals surface area contributed by atoms with Crippen LogP contribution in [0.25, 0.3) is 0 Å². The molecule has 1 heterocycles. The number of likely N-dealkylation sites (N-methyl/N-ethyl adjacent to an activating group) is 1. The minimum atomic E-state index is 0. The van der Waals surface area contributed by atoms with Crippen molar-refractivity contribution in [3.63, 3.8) is 0 Å². The van der Waals surface area contributed by atoms with Crippen LogP contribution in [0.4, 0.5) is 0 Å². The number of hydrogen-bond acceptors (Lipinski definition) is 5. The summed E-state index contributed by atoms with van der Waals surface area (Å²) in [5, 5.41) is 6.53. The molecule has 0 aliphatic rings. The van der Waals surface area contributed by atoms with Gasteiger partial charge in [-0.05, 0) is 26.9 Å². The SMILES string of the molecule is CCCCN(C)CCNC(=NC)N(C)Cc1csc(C(C)OC)n1.I. The summed E-state index contributed by atoms with van der Waals surface area (Å²) >= 11 is 1.64. The molecule has 1 aromatic heterocycles. The molecule has 1 N–H and O–H groups in total. The van der Waals surface area contributed by atoms with Crippen LogP contribution in [-0.2, 0) is 11.3 Å². The fraction of sp³-hybridized carbons (Fsp3) is 0.765. The molecule has 1 unspecified atom stereocenters. The summed E-state index contributed by atoms with van der Waals surface area (Å²) in [7, 11) is 7.73. The molecule has 0 bridgehead atoms. The van der Waals surface area contributed by atoms with Gasteiger partial charge in [0.15, 0.2) is 5.96 Å². The van der Waals surface area contributed by atoms with Crippen LogP contribution in [0.15, 0.2) is 10.4 Å². The van der Waals surface area contributed by atoms with E-state index in [2.05, 4.69) is 44.4 Å². The van der Waals surface area contributed by atoms with Gasteiger partial charge in [-0.25, -0.2) is 4.98 Å². The number of halogens is 1. The highest BCUT2D eigenvalue weighted by Gasteiger charge is 2.12. The largest absolute Gasteiger partial charge is 0.375 e. The predicted molar refractivity (Wildman–Crippen MR) is 118 cm³/mol. The second-order valence-electron chi connectivity index (χ2n) is 6.04. The van der Waals surface area contributed by atoms with Crippen LogP contribution in [0, 0.1) is 0 Å². The standard InChI is InChI=1S/C17H33N5OS.HI/c1-7-8-10-21(4)11-9-19-17(18-3)22(5)12-15-13-24-16(20-15)14(2)23-6;/h13-14H,7-12H2,1-6H3,(H,18,19);1H. The molecule has 146 valence electrons. The molecule has 25 heavy (non-hydrogen) atoms. The molecule has 1 atom stereocenters. The van der Waals surface area contributed by atoms with Gasteiger partial charge in [-0.15, -0.1) is 35.3 Å². The van der Waals surface area contributed by atoms with E-state index in [0.717, 1.165) is 42.8 Å². The minimum absolute atomic E-state index is 0. The summed E-state index contributed by atoms with van der Waals surface area (Å²) in [5.74, 6) is 0.897. The van der Waals surface area contributed by atoms with Gasteiger partial charge >= 0.3 is 0 Å². The number of aliphatic imine (C=N–C) groups is 1. The number of hydrogen-bond donors (Lipinski definition) is 1. The predicted octanol–water partition coefficient (Wildman–Crippen LogP) is 3.21. The lowest BCUT2D eigenvalue weighted by atomic mass is 10.3. The summed E-state index contributed by atoms with van der Waals surface area (Å²) in [6.07, 6.45) is 2.53. The summed E-state index contributed by atoms with van der Waals surface area (Å²) in [6.45, 7) is 8.02. The molecule has 0 fully saturated rings. The van der Waals surface area contributed by atoms with Crippen molar-refractivity contribution in [1.29, 1.82) is 0 Å². The number of aromatic nitrogens is 1. The maximum absolute atomic E-state index is 5.32. The highest BCUT2D eigenvalue weighted by atomic mass is 127. The van der Waals surface area contributed by atoms with Gasteiger partial charge in [-0.2, -0.15) is 0 Å². The molecule has 0 amide bonds. The summed E-state index contributed by atoms with van der Waals surface area (Å²) in [6, 6.07) is 0. The summed E-state index contributed by atoms with van der Waals surface area (Å²) in [4.78, 5) is 13.5. The van der Waals surface area contributed by atoms with Gasteiger partial charge < -0.3 is 19.9 Å². The fourth-order valence-electron chi connectivity index (χ4n) is 2.28. The van der Waals surface area contributed by atoms with E-state index in [4.69, 9.17) is 4.74 Å². The van der Waals surface area contributed by atoms with Crippen molar-refractivity contribution in [3.8, 4) is 0 Å². The molecule has 1 rings (SSSR count). The van der Waals surface area contributed by atoms with E-state index in [9.17, 15) is 0 Å². The Morgan fingerprint density at radius 1 is 1.40 bits per heavy atom. The van der Waals surface area contributed by atoms with Crippen molar-refractivity contribution >= 4 is 41.3 Å². The molecule has 8 heteroatoms. The maximum atomic E-state index is 5.32. The summed E-state index contributed by atoms with van der Waals surface area (Å²) in [5.41, 5.74) is 1.05. The topological polar surface area (TPSA) is 53.0 Å². The van der Waals surface area contributed by atoms with Crippen LogP contribution in [-0.4, -0.2) is 68.6 Å². The van der Waals surface area contributed by atoms with Crippen LogP contribution in [0.1, 0.15) is 43.5 Å². The molecule has 0 aromatic carbocycles. The Labute approximate surface area is 174 Å². The lowest BCUT2D eigenvalue weighted by Crippen LogP contribution is -2.41. The summed E-state index contributed by atoms with van der Waals surface area (Å²) < 4.78 is 5.32. The molecule has 0 aliphatic heterocycles. The molecular weight excluding hydrogens is 449 g/mol. The second kappa shape index (κ2) is 13.7. The number of ether oxygens (including phenoxy) is 1. The number of rotatable bonds is 10. The van der Waals surface area contributed by atoms with E-state index >= 15 is 0 Å². The third-order valence-electron chi connectivity index (χ3n) is 3.91. The van der Waals surface area contributed by atoms with E-state index in [1.165, 1.54) is 12.8 Å². The van der Waals surface area contributed by atoms with Gasteiger partial charge in [-0.1, -0.05) is 13.3 Å². The number of thiazole rings is 1. The van der Waals surface area contributed by atoms with Gasteiger partial charge in [-0.3, -0.25) is 4.99 Å². The molecular formula is C17H34IN5OS. The molecule has 0 radical (unpaired) electrons. The van der Waals surface area contributed by atoms with Gasteiger partial charge in [0.05, 0.1) is 12.2 Å². The molecule has 0 saturated carbocycles. The van der Waals surface area contributed by atoms with E-state index in [1.807, 2.05) is 21.0 Å². The smallest absolute Gasteiger partial charge is 0.193 e. The van der Waals surface area contributed by atoms with Crippen molar-refractivity contribution in [3.05, 3.63) is 16.1 Å². The number of nitrogens with zero attached hydrogens (tertiary/aromatic N) is 4. The van der Waals surface area contributed by atoms with Crippen molar-refractivity contribution in [2.75, 3.05) is 47.9 Å². The Hall–Kier alpha value is -0.450. The van der Waals surface area contributed by atoms with Crippen molar-refractivity contribution in [2.24, 2.45) is 4.99 Å². The first-order valence-corrected chi connectivity index (χ1v) is 9.47. The van der Waals surface area contributed by atoms with Gasteiger partial charge in [0, 0.05) is 39.7 Å². The zero-order chi connectivity index (χ0) is 17.9. The number of guanidine groups is 1. The Kier molecular flexibility index (Phi) is 13.5. The Bertz CT molecular complexity index is 497.